The number of anilines is 1. The van der Waals surface area contributed by atoms with Crippen LogP contribution in [0.25, 0.3) is 0 Å². The summed E-state index contributed by atoms with van der Waals surface area (Å²) in [5, 5.41) is 19.9. The fraction of sp³-hybridized carbons (Fsp3) is 0.375. The maximum atomic E-state index is 10.5. The largest absolute Gasteiger partial charge is 0.477 e. The van der Waals surface area contributed by atoms with E-state index < -0.39 is 5.97 Å². The monoisotopic (exact) mass is 197 g/mol. The average Bonchev–Trinajstić information content (AvgIpc) is 2.19. The van der Waals surface area contributed by atoms with E-state index in [4.69, 9.17) is 10.2 Å². The number of carboxylic acids is 1. The molecule has 0 fully saturated rings. The standard InChI is InChI=1S/C8H11N3O3/c12-5-1-3-9-8-10-4-2-6(11-8)7(13)14/h2,4,12H,1,3,5H2,(H,13,14)(H,9,10,11). The lowest BCUT2D eigenvalue weighted by molar-refractivity contribution is 0.0690. The molecule has 0 radical (unpaired) electrons. The predicted octanol–water partition coefficient (Wildman–Crippen LogP) is -0.0309. The molecule has 3 N–H and O–H groups in total. The van der Waals surface area contributed by atoms with Gasteiger partial charge in [0, 0.05) is 19.3 Å². The van der Waals surface area contributed by atoms with Crippen molar-refractivity contribution in [2.45, 2.75) is 6.42 Å². The van der Waals surface area contributed by atoms with Crippen LogP contribution >= 0.6 is 0 Å². The van der Waals surface area contributed by atoms with Gasteiger partial charge in [0.15, 0.2) is 5.69 Å². The van der Waals surface area contributed by atoms with E-state index in [2.05, 4.69) is 15.3 Å². The summed E-state index contributed by atoms with van der Waals surface area (Å²) in [6, 6.07) is 1.32. The summed E-state index contributed by atoms with van der Waals surface area (Å²) < 4.78 is 0. The zero-order valence-electron chi connectivity index (χ0n) is 7.47. The van der Waals surface area contributed by atoms with Crippen LogP contribution in [0.15, 0.2) is 12.3 Å². The molecular weight excluding hydrogens is 186 g/mol. The van der Waals surface area contributed by atoms with Gasteiger partial charge in [0.2, 0.25) is 5.95 Å². The Morgan fingerprint density at radius 2 is 2.36 bits per heavy atom. The fourth-order valence-electron chi connectivity index (χ4n) is 0.842. The Hall–Kier alpha value is -1.69. The lowest BCUT2D eigenvalue weighted by Crippen LogP contribution is -2.09. The molecule has 0 aliphatic rings. The minimum atomic E-state index is -1.09. The molecule has 76 valence electrons. The van der Waals surface area contributed by atoms with E-state index in [0.717, 1.165) is 0 Å². The number of hydrogen-bond donors (Lipinski definition) is 3. The summed E-state index contributed by atoms with van der Waals surface area (Å²) in [5.41, 5.74) is -0.0495. The number of aromatic nitrogens is 2. The molecule has 6 nitrogen and oxygen atoms in total. The molecular formula is C8H11N3O3. The summed E-state index contributed by atoms with van der Waals surface area (Å²) >= 11 is 0. The van der Waals surface area contributed by atoms with Gasteiger partial charge >= 0.3 is 5.97 Å². The highest BCUT2D eigenvalue weighted by atomic mass is 16.4. The molecule has 0 aromatic carbocycles. The van der Waals surface area contributed by atoms with Crippen LogP contribution < -0.4 is 5.32 Å². The van der Waals surface area contributed by atoms with Gasteiger partial charge in [-0.2, -0.15) is 0 Å². The Morgan fingerprint density at radius 1 is 1.57 bits per heavy atom. The average molecular weight is 197 g/mol. The Balaban J connectivity index is 2.59. The van der Waals surface area contributed by atoms with Gasteiger partial charge in [-0.3, -0.25) is 0 Å². The van der Waals surface area contributed by atoms with Crippen LogP contribution in [-0.4, -0.2) is 39.3 Å². The Bertz CT molecular complexity index is 316. The molecule has 1 aromatic rings. The third-order valence-electron chi connectivity index (χ3n) is 1.49. The van der Waals surface area contributed by atoms with Crippen molar-refractivity contribution >= 4 is 11.9 Å². The highest BCUT2D eigenvalue weighted by Gasteiger charge is 2.04. The van der Waals surface area contributed by atoms with Gasteiger partial charge in [0.25, 0.3) is 0 Å². The number of aliphatic hydroxyl groups excluding tert-OH is 1. The first-order valence-corrected chi connectivity index (χ1v) is 4.15. The predicted molar refractivity (Wildman–Crippen MR) is 49.2 cm³/mol. The molecule has 0 saturated heterocycles. The van der Waals surface area contributed by atoms with Crippen LogP contribution in [0.3, 0.4) is 0 Å². The maximum absolute atomic E-state index is 10.5. The normalized spacial score (nSPS) is 9.79. The number of aromatic carboxylic acids is 1. The van der Waals surface area contributed by atoms with Gasteiger partial charge < -0.3 is 15.5 Å². The molecule has 0 atom stereocenters. The lowest BCUT2D eigenvalue weighted by Gasteiger charge is -2.02. The smallest absolute Gasteiger partial charge is 0.354 e. The van der Waals surface area contributed by atoms with E-state index in [9.17, 15) is 4.79 Å². The molecule has 0 spiro atoms. The second-order valence-corrected chi connectivity index (χ2v) is 2.57. The Labute approximate surface area is 80.6 Å². The van der Waals surface area contributed by atoms with Gasteiger partial charge in [-0.25, -0.2) is 14.8 Å². The zero-order valence-corrected chi connectivity index (χ0v) is 7.47. The lowest BCUT2D eigenvalue weighted by atomic mass is 10.4. The van der Waals surface area contributed by atoms with Crippen molar-refractivity contribution in [3.63, 3.8) is 0 Å². The van der Waals surface area contributed by atoms with E-state index in [-0.39, 0.29) is 18.2 Å². The molecule has 0 saturated carbocycles. The van der Waals surface area contributed by atoms with Crippen molar-refractivity contribution in [1.29, 1.82) is 0 Å². The highest BCUT2D eigenvalue weighted by molar-refractivity contribution is 5.85. The van der Waals surface area contributed by atoms with E-state index >= 15 is 0 Å². The number of carboxylic acid groups (broad SMARTS) is 1. The molecule has 0 aliphatic heterocycles. The molecule has 0 amide bonds. The van der Waals surface area contributed by atoms with E-state index in [0.29, 0.717) is 13.0 Å². The van der Waals surface area contributed by atoms with Crippen LogP contribution in [0.5, 0.6) is 0 Å². The van der Waals surface area contributed by atoms with Gasteiger partial charge in [0.05, 0.1) is 0 Å². The topological polar surface area (TPSA) is 95.3 Å². The first-order chi connectivity index (χ1) is 6.74. The van der Waals surface area contributed by atoms with Crippen molar-refractivity contribution in [3.8, 4) is 0 Å². The zero-order chi connectivity index (χ0) is 10.4. The number of rotatable bonds is 5. The third-order valence-corrected chi connectivity index (χ3v) is 1.49. The molecule has 0 bridgehead atoms. The first-order valence-electron chi connectivity index (χ1n) is 4.15. The fourth-order valence-corrected chi connectivity index (χ4v) is 0.842. The molecule has 1 aromatic heterocycles. The second kappa shape index (κ2) is 5.13. The van der Waals surface area contributed by atoms with Crippen molar-refractivity contribution in [1.82, 2.24) is 9.97 Å². The van der Waals surface area contributed by atoms with E-state index in [1.807, 2.05) is 0 Å². The molecule has 14 heavy (non-hydrogen) atoms. The van der Waals surface area contributed by atoms with Crippen molar-refractivity contribution in [2.75, 3.05) is 18.5 Å². The molecule has 1 heterocycles. The van der Waals surface area contributed by atoms with Crippen LogP contribution in [0, 0.1) is 0 Å². The minimum absolute atomic E-state index is 0.0495. The molecule has 6 heteroatoms. The SMILES string of the molecule is O=C(O)c1ccnc(NCCCO)n1. The van der Waals surface area contributed by atoms with Gasteiger partial charge in [-0.1, -0.05) is 0 Å². The van der Waals surface area contributed by atoms with Crippen LogP contribution in [0.1, 0.15) is 16.9 Å². The van der Waals surface area contributed by atoms with Crippen LogP contribution in [0.2, 0.25) is 0 Å². The number of hydrogen-bond acceptors (Lipinski definition) is 5. The highest BCUT2D eigenvalue weighted by Crippen LogP contribution is 2.00. The summed E-state index contributed by atoms with van der Waals surface area (Å²) in [6.45, 7) is 0.588. The van der Waals surface area contributed by atoms with E-state index in [1.54, 1.807) is 0 Å². The molecule has 0 unspecified atom stereocenters. The van der Waals surface area contributed by atoms with Crippen LogP contribution in [-0.2, 0) is 0 Å². The maximum Gasteiger partial charge on any atom is 0.354 e. The van der Waals surface area contributed by atoms with Gasteiger partial charge in [-0.05, 0) is 12.5 Å². The first kappa shape index (κ1) is 10.4. The second-order valence-electron chi connectivity index (χ2n) is 2.57. The number of carbonyl (C=O) groups is 1. The number of nitrogens with zero attached hydrogens (tertiary/aromatic N) is 2. The Morgan fingerprint density at radius 3 is 3.00 bits per heavy atom. The molecule has 1 rings (SSSR count). The quantitative estimate of drug-likeness (QED) is 0.574. The van der Waals surface area contributed by atoms with E-state index in [1.165, 1.54) is 12.3 Å². The van der Waals surface area contributed by atoms with Crippen molar-refractivity contribution in [3.05, 3.63) is 18.0 Å². The summed E-state index contributed by atoms with van der Waals surface area (Å²) in [4.78, 5) is 18.1. The van der Waals surface area contributed by atoms with Gasteiger partial charge in [-0.15, -0.1) is 0 Å². The number of aliphatic hydroxyl groups is 1. The van der Waals surface area contributed by atoms with Crippen LogP contribution in [0.4, 0.5) is 5.95 Å². The van der Waals surface area contributed by atoms with Crippen molar-refractivity contribution < 1.29 is 15.0 Å². The molecule has 0 aliphatic carbocycles. The summed E-state index contributed by atoms with van der Waals surface area (Å²) in [6.07, 6.45) is 1.94. The number of nitrogens with one attached hydrogen (secondary N) is 1. The van der Waals surface area contributed by atoms with Crippen molar-refractivity contribution in [2.24, 2.45) is 0 Å². The Kier molecular flexibility index (Phi) is 3.81. The summed E-state index contributed by atoms with van der Waals surface area (Å²) in [7, 11) is 0. The van der Waals surface area contributed by atoms with Gasteiger partial charge in [0.1, 0.15) is 0 Å². The third kappa shape index (κ3) is 2.98. The summed E-state index contributed by atoms with van der Waals surface area (Å²) in [5.74, 6) is -0.823. The minimum Gasteiger partial charge on any atom is -0.477 e.